The summed E-state index contributed by atoms with van der Waals surface area (Å²) in [5.74, 6) is 0. The summed E-state index contributed by atoms with van der Waals surface area (Å²) in [5.41, 5.74) is 0.434. The lowest BCUT2D eigenvalue weighted by atomic mass is 10.1. The second-order valence-electron chi connectivity index (χ2n) is 3.53. The van der Waals surface area contributed by atoms with Gasteiger partial charge in [-0.2, -0.15) is 0 Å². The molecular formula is C11H12N4O2. The summed E-state index contributed by atoms with van der Waals surface area (Å²) in [6.07, 6.45) is 1.57. The number of pyridine rings is 1. The lowest BCUT2D eigenvalue weighted by Gasteiger charge is -2.05. The Morgan fingerprint density at radius 1 is 1.35 bits per heavy atom. The van der Waals surface area contributed by atoms with Crippen molar-refractivity contribution < 1.29 is 5.11 Å². The predicted molar refractivity (Wildman–Crippen MR) is 63.9 cm³/mol. The molecule has 0 bridgehead atoms. The number of aliphatic hydroxyl groups is 1. The fourth-order valence-corrected chi connectivity index (χ4v) is 1.44. The SMILES string of the molecule is CN(CO)N=Nc1cccc2c(=O)[nH]ccc12. The van der Waals surface area contributed by atoms with Gasteiger partial charge in [-0.3, -0.25) is 9.80 Å². The number of aromatic amines is 1. The summed E-state index contributed by atoms with van der Waals surface area (Å²) >= 11 is 0. The van der Waals surface area contributed by atoms with E-state index >= 15 is 0 Å². The highest BCUT2D eigenvalue weighted by Crippen LogP contribution is 2.23. The van der Waals surface area contributed by atoms with Crippen molar-refractivity contribution in [3.05, 3.63) is 40.8 Å². The Balaban J connectivity index is 2.52. The molecule has 1 aromatic heterocycles. The van der Waals surface area contributed by atoms with Crippen LogP contribution in [0.5, 0.6) is 0 Å². The quantitative estimate of drug-likeness (QED) is 0.477. The molecule has 1 heterocycles. The van der Waals surface area contributed by atoms with E-state index in [1.165, 1.54) is 5.01 Å². The van der Waals surface area contributed by atoms with E-state index in [0.29, 0.717) is 11.1 Å². The highest BCUT2D eigenvalue weighted by atomic mass is 16.3. The summed E-state index contributed by atoms with van der Waals surface area (Å²) < 4.78 is 0. The standard InChI is InChI=1S/C11H12N4O2/c1-15(7-16)14-13-10-4-2-3-9-8(10)5-6-12-11(9)17/h2-6,16H,7H2,1H3,(H,12,17). The highest BCUT2D eigenvalue weighted by Gasteiger charge is 2.02. The number of aromatic nitrogens is 1. The van der Waals surface area contributed by atoms with Crippen molar-refractivity contribution in [1.29, 1.82) is 0 Å². The van der Waals surface area contributed by atoms with Crippen molar-refractivity contribution in [3.8, 4) is 0 Å². The number of fused-ring (bicyclic) bond motifs is 1. The second-order valence-corrected chi connectivity index (χ2v) is 3.53. The van der Waals surface area contributed by atoms with Crippen LogP contribution in [0.1, 0.15) is 0 Å². The van der Waals surface area contributed by atoms with Crippen molar-refractivity contribution in [3.63, 3.8) is 0 Å². The average molecular weight is 232 g/mol. The van der Waals surface area contributed by atoms with Crippen LogP contribution in [0, 0.1) is 0 Å². The van der Waals surface area contributed by atoms with Gasteiger partial charge in [0.05, 0.1) is 5.69 Å². The van der Waals surface area contributed by atoms with Gasteiger partial charge in [0.2, 0.25) is 0 Å². The molecule has 0 amide bonds. The summed E-state index contributed by atoms with van der Waals surface area (Å²) in [7, 11) is 1.60. The Labute approximate surface area is 97.2 Å². The molecule has 2 aromatic rings. The van der Waals surface area contributed by atoms with E-state index in [2.05, 4.69) is 15.3 Å². The van der Waals surface area contributed by atoms with E-state index in [-0.39, 0.29) is 12.3 Å². The lowest BCUT2D eigenvalue weighted by molar-refractivity contribution is 0.129. The van der Waals surface area contributed by atoms with E-state index in [1.54, 1.807) is 37.5 Å². The normalized spacial score (nSPS) is 11.2. The van der Waals surface area contributed by atoms with Gasteiger partial charge in [-0.05, 0) is 18.2 Å². The molecule has 0 atom stereocenters. The number of hydrogen-bond donors (Lipinski definition) is 2. The van der Waals surface area contributed by atoms with Gasteiger partial charge in [-0.15, -0.1) is 5.11 Å². The fourth-order valence-electron chi connectivity index (χ4n) is 1.44. The molecule has 88 valence electrons. The van der Waals surface area contributed by atoms with Gasteiger partial charge in [0.25, 0.3) is 5.56 Å². The van der Waals surface area contributed by atoms with Crippen LogP contribution < -0.4 is 5.56 Å². The number of nitrogens with one attached hydrogen (secondary N) is 1. The molecule has 6 nitrogen and oxygen atoms in total. The number of nitrogens with zero attached hydrogens (tertiary/aromatic N) is 3. The molecule has 17 heavy (non-hydrogen) atoms. The third-order valence-electron chi connectivity index (χ3n) is 2.30. The first-order valence-electron chi connectivity index (χ1n) is 5.06. The molecule has 2 rings (SSSR count). The molecule has 0 aliphatic carbocycles. The monoisotopic (exact) mass is 232 g/mol. The van der Waals surface area contributed by atoms with Gasteiger partial charge in [-0.1, -0.05) is 11.3 Å². The van der Waals surface area contributed by atoms with E-state index in [9.17, 15) is 4.79 Å². The third-order valence-corrected chi connectivity index (χ3v) is 2.30. The molecule has 0 fully saturated rings. The number of hydrogen-bond acceptors (Lipinski definition) is 4. The van der Waals surface area contributed by atoms with Gasteiger partial charge in [0.1, 0.15) is 6.73 Å². The maximum atomic E-state index is 11.5. The lowest BCUT2D eigenvalue weighted by Crippen LogP contribution is -2.10. The van der Waals surface area contributed by atoms with Gasteiger partial charge >= 0.3 is 0 Å². The molecule has 0 aliphatic heterocycles. The second kappa shape index (κ2) is 4.75. The van der Waals surface area contributed by atoms with Crippen molar-refractivity contribution in [2.24, 2.45) is 10.3 Å². The zero-order chi connectivity index (χ0) is 12.3. The highest BCUT2D eigenvalue weighted by molar-refractivity contribution is 5.91. The maximum Gasteiger partial charge on any atom is 0.255 e. The van der Waals surface area contributed by atoms with Crippen LogP contribution in [0.25, 0.3) is 10.8 Å². The van der Waals surface area contributed by atoms with Crippen LogP contribution >= 0.6 is 0 Å². The Morgan fingerprint density at radius 3 is 2.94 bits per heavy atom. The van der Waals surface area contributed by atoms with Crippen molar-refractivity contribution in [2.45, 2.75) is 0 Å². The molecule has 6 heteroatoms. The zero-order valence-corrected chi connectivity index (χ0v) is 9.29. The topological polar surface area (TPSA) is 81.0 Å². The molecular weight excluding hydrogens is 220 g/mol. The molecule has 0 aliphatic rings. The van der Waals surface area contributed by atoms with Crippen LogP contribution in [-0.2, 0) is 0 Å². The minimum Gasteiger partial charge on any atom is -0.375 e. The van der Waals surface area contributed by atoms with Crippen LogP contribution in [0.4, 0.5) is 5.69 Å². The molecule has 2 N–H and O–H groups in total. The van der Waals surface area contributed by atoms with Gasteiger partial charge in [0.15, 0.2) is 0 Å². The van der Waals surface area contributed by atoms with E-state index in [1.807, 2.05) is 0 Å². The summed E-state index contributed by atoms with van der Waals surface area (Å²) in [5, 5.41) is 19.1. The fraction of sp³-hybridized carbons (Fsp3) is 0.182. The van der Waals surface area contributed by atoms with E-state index in [0.717, 1.165) is 5.39 Å². The molecule has 0 unspecified atom stereocenters. The van der Waals surface area contributed by atoms with Crippen molar-refractivity contribution in [2.75, 3.05) is 13.8 Å². The first kappa shape index (κ1) is 11.3. The molecule has 0 spiro atoms. The predicted octanol–water partition coefficient (Wildman–Crippen LogP) is 1.41. The Hall–Kier alpha value is -2.21. The number of aliphatic hydroxyl groups excluding tert-OH is 1. The van der Waals surface area contributed by atoms with Crippen LogP contribution in [-0.4, -0.2) is 28.9 Å². The zero-order valence-electron chi connectivity index (χ0n) is 9.29. The Morgan fingerprint density at radius 2 is 2.18 bits per heavy atom. The maximum absolute atomic E-state index is 11.5. The minimum atomic E-state index is -0.213. The molecule has 0 saturated heterocycles. The number of H-pyrrole nitrogens is 1. The minimum absolute atomic E-state index is 0.157. The van der Waals surface area contributed by atoms with Crippen LogP contribution in [0.3, 0.4) is 0 Å². The van der Waals surface area contributed by atoms with Crippen molar-refractivity contribution in [1.82, 2.24) is 9.99 Å². The Bertz CT molecular complexity index is 606. The number of benzene rings is 1. The largest absolute Gasteiger partial charge is 0.375 e. The van der Waals surface area contributed by atoms with E-state index in [4.69, 9.17) is 5.11 Å². The number of rotatable bonds is 3. The smallest absolute Gasteiger partial charge is 0.255 e. The third kappa shape index (κ3) is 2.31. The van der Waals surface area contributed by atoms with Crippen LogP contribution in [0.15, 0.2) is 45.6 Å². The van der Waals surface area contributed by atoms with Gasteiger partial charge in [0, 0.05) is 24.0 Å². The summed E-state index contributed by atoms with van der Waals surface area (Å²) in [4.78, 5) is 14.1. The molecule has 1 aromatic carbocycles. The first-order chi connectivity index (χ1) is 8.22. The van der Waals surface area contributed by atoms with Crippen molar-refractivity contribution >= 4 is 16.5 Å². The van der Waals surface area contributed by atoms with Gasteiger partial charge in [-0.25, -0.2) is 0 Å². The first-order valence-corrected chi connectivity index (χ1v) is 5.06. The molecule has 0 saturated carbocycles. The Kier molecular flexibility index (Phi) is 3.15. The summed E-state index contributed by atoms with van der Waals surface area (Å²) in [6, 6.07) is 6.99. The van der Waals surface area contributed by atoms with Gasteiger partial charge < -0.3 is 10.1 Å². The molecule has 0 radical (unpaired) electrons. The van der Waals surface area contributed by atoms with Crippen LogP contribution in [0.2, 0.25) is 0 Å². The average Bonchev–Trinajstić information content (AvgIpc) is 2.36. The summed E-state index contributed by atoms with van der Waals surface area (Å²) in [6.45, 7) is -0.213. The van der Waals surface area contributed by atoms with E-state index < -0.39 is 0 Å².